The topological polar surface area (TPSA) is 26.3 Å². The molecule has 1 rings (SSSR count). The van der Waals surface area contributed by atoms with Crippen molar-refractivity contribution < 1.29 is 9.22 Å². The highest BCUT2D eigenvalue weighted by Gasteiger charge is 2.39. The predicted octanol–water partition coefficient (Wildman–Crippen LogP) is 5.30. The van der Waals surface area contributed by atoms with Gasteiger partial charge in [-0.05, 0) is 46.2 Å². The third-order valence-electron chi connectivity index (χ3n) is 3.33. The summed E-state index contributed by atoms with van der Waals surface area (Å²) in [7, 11) is -1.97. The molecule has 0 aliphatic carbocycles. The van der Waals surface area contributed by atoms with Gasteiger partial charge in [0.1, 0.15) is 5.75 Å². The second-order valence-electron chi connectivity index (χ2n) is 5.79. The van der Waals surface area contributed by atoms with Crippen LogP contribution in [-0.2, 0) is 0 Å². The number of hydrogen-bond donors (Lipinski definition) is 0. The van der Waals surface area contributed by atoms with E-state index in [9.17, 15) is 4.79 Å². The van der Waals surface area contributed by atoms with E-state index >= 15 is 0 Å². The fourth-order valence-corrected chi connectivity index (χ4v) is 3.29. The Morgan fingerprint density at radius 1 is 1.33 bits per heavy atom. The molecule has 0 aromatic heterocycles. The molecule has 0 aliphatic rings. The third kappa shape index (κ3) is 3.37. The summed E-state index contributed by atoms with van der Waals surface area (Å²) in [5.41, 5.74) is 0.485. The average molecular weight is 350 g/mol. The predicted molar refractivity (Wildman–Crippen MR) is 82.4 cm³/mol. The lowest BCUT2D eigenvalue weighted by Crippen LogP contribution is -2.44. The molecule has 18 heavy (non-hydrogen) atoms. The lowest BCUT2D eigenvalue weighted by Gasteiger charge is -2.37. The lowest BCUT2D eigenvalue weighted by atomic mass is 10.2. The monoisotopic (exact) mass is 348 g/mol. The number of rotatable bonds is 3. The molecule has 0 aliphatic heterocycles. The highest BCUT2D eigenvalue weighted by atomic mass is 79.9. The van der Waals surface area contributed by atoms with E-state index in [1.807, 2.05) is 0 Å². The van der Waals surface area contributed by atoms with E-state index in [0.29, 0.717) is 16.3 Å². The van der Waals surface area contributed by atoms with Crippen molar-refractivity contribution in [3.8, 4) is 5.75 Å². The van der Waals surface area contributed by atoms with Gasteiger partial charge in [-0.15, -0.1) is 0 Å². The quantitative estimate of drug-likeness (QED) is 0.547. The highest BCUT2D eigenvalue weighted by Crippen LogP contribution is 2.41. The largest absolute Gasteiger partial charge is 0.542 e. The minimum absolute atomic E-state index is 0.0756. The van der Waals surface area contributed by atoms with Crippen molar-refractivity contribution in [3.63, 3.8) is 0 Å². The van der Waals surface area contributed by atoms with Gasteiger partial charge in [0.05, 0.1) is 10.0 Å². The van der Waals surface area contributed by atoms with Gasteiger partial charge in [0.2, 0.25) is 0 Å². The van der Waals surface area contributed by atoms with E-state index in [2.05, 4.69) is 49.8 Å². The normalized spacial score (nSPS) is 12.4. The van der Waals surface area contributed by atoms with Crippen LogP contribution in [0.3, 0.4) is 0 Å². The smallest absolute Gasteiger partial charge is 0.250 e. The zero-order chi connectivity index (χ0) is 14.1. The van der Waals surface area contributed by atoms with Gasteiger partial charge in [0.25, 0.3) is 8.32 Å². The number of carbonyl (C=O) groups excluding carboxylic acids is 1. The van der Waals surface area contributed by atoms with Gasteiger partial charge < -0.3 is 4.43 Å². The summed E-state index contributed by atoms with van der Waals surface area (Å²) in [6.07, 6.45) is 0.777. The molecule has 0 saturated heterocycles. The zero-order valence-corrected chi connectivity index (χ0v) is 14.6. The van der Waals surface area contributed by atoms with Crippen LogP contribution in [0.4, 0.5) is 0 Å². The molecule has 1 aromatic carbocycles. The zero-order valence-electron chi connectivity index (χ0n) is 11.3. The van der Waals surface area contributed by atoms with Gasteiger partial charge in [-0.1, -0.05) is 32.4 Å². The van der Waals surface area contributed by atoms with Gasteiger partial charge in [-0.25, -0.2) is 0 Å². The summed E-state index contributed by atoms with van der Waals surface area (Å²) < 4.78 is 6.90. The van der Waals surface area contributed by atoms with Gasteiger partial charge in [-0.2, -0.15) is 0 Å². The molecule has 0 heterocycles. The first-order valence-corrected chi connectivity index (χ1v) is 9.79. The Labute approximate surface area is 123 Å². The second-order valence-corrected chi connectivity index (χ2v) is 11.8. The van der Waals surface area contributed by atoms with E-state index < -0.39 is 8.32 Å². The van der Waals surface area contributed by atoms with Crippen molar-refractivity contribution in [1.82, 2.24) is 0 Å². The van der Waals surface area contributed by atoms with Crippen LogP contribution in [0, 0.1) is 0 Å². The summed E-state index contributed by atoms with van der Waals surface area (Å²) in [6.45, 7) is 10.8. The number of carbonyl (C=O) groups is 1. The lowest BCUT2D eigenvalue weighted by molar-refractivity contribution is 0.112. The Kier molecular flexibility index (Phi) is 4.68. The van der Waals surface area contributed by atoms with E-state index in [4.69, 9.17) is 16.0 Å². The molecule has 5 heteroatoms. The molecule has 0 spiro atoms. The van der Waals surface area contributed by atoms with Gasteiger partial charge in [0, 0.05) is 5.02 Å². The van der Waals surface area contributed by atoms with Gasteiger partial charge >= 0.3 is 0 Å². The Morgan fingerprint density at radius 3 is 2.33 bits per heavy atom. The minimum Gasteiger partial charge on any atom is -0.542 e. The second kappa shape index (κ2) is 5.35. The Morgan fingerprint density at radius 2 is 1.89 bits per heavy atom. The molecule has 0 bridgehead atoms. The summed E-state index contributed by atoms with van der Waals surface area (Å²) in [6, 6.07) is 3.37. The minimum atomic E-state index is -1.97. The molecular formula is C13H18BrClO2Si. The molecule has 1 aromatic rings. The molecule has 0 radical (unpaired) electrons. The van der Waals surface area contributed by atoms with E-state index in [0.717, 1.165) is 10.8 Å². The molecule has 0 saturated carbocycles. The Bertz CT molecular complexity index is 467. The Hall–Kier alpha value is -0.323. The van der Waals surface area contributed by atoms with Crippen LogP contribution in [-0.4, -0.2) is 14.6 Å². The van der Waals surface area contributed by atoms with Crippen LogP contribution >= 0.6 is 27.5 Å². The standard InChI is InChI=1S/C13H18BrClO2Si/c1-13(2,3)18(4,5)17-12-9(8-16)6-10(15)7-11(12)14/h6-8H,1-5H3. The van der Waals surface area contributed by atoms with E-state index in [1.165, 1.54) is 0 Å². The van der Waals surface area contributed by atoms with Crippen LogP contribution in [0.5, 0.6) is 5.75 Å². The third-order valence-corrected chi connectivity index (χ3v) is 8.46. The first kappa shape index (κ1) is 15.7. The van der Waals surface area contributed by atoms with Crippen LogP contribution in [0.25, 0.3) is 0 Å². The molecule has 0 unspecified atom stereocenters. The molecule has 0 atom stereocenters. The fourth-order valence-electron chi connectivity index (χ4n) is 1.18. The fraction of sp³-hybridized carbons (Fsp3) is 0.462. The molecule has 0 fully saturated rings. The molecule has 0 amide bonds. The molecule has 2 nitrogen and oxygen atoms in total. The first-order valence-electron chi connectivity index (χ1n) is 5.72. The van der Waals surface area contributed by atoms with Crippen molar-refractivity contribution in [2.24, 2.45) is 0 Å². The van der Waals surface area contributed by atoms with Gasteiger partial charge in [0.15, 0.2) is 6.29 Å². The van der Waals surface area contributed by atoms with Crippen LogP contribution in [0.1, 0.15) is 31.1 Å². The average Bonchev–Trinajstić information content (AvgIpc) is 2.19. The first-order chi connectivity index (χ1) is 8.08. The van der Waals surface area contributed by atoms with Crippen LogP contribution in [0.2, 0.25) is 23.2 Å². The Balaban J connectivity index is 3.23. The summed E-state index contributed by atoms with van der Waals surface area (Å²) in [4.78, 5) is 11.1. The van der Waals surface area contributed by atoms with Crippen LogP contribution < -0.4 is 4.43 Å². The number of halogens is 2. The van der Waals surface area contributed by atoms with E-state index in [-0.39, 0.29) is 5.04 Å². The highest BCUT2D eigenvalue weighted by molar-refractivity contribution is 9.10. The van der Waals surface area contributed by atoms with Crippen molar-refractivity contribution in [1.29, 1.82) is 0 Å². The summed E-state index contributed by atoms with van der Waals surface area (Å²) in [5, 5.41) is 0.596. The van der Waals surface area contributed by atoms with Crippen molar-refractivity contribution in [2.45, 2.75) is 38.9 Å². The van der Waals surface area contributed by atoms with Crippen molar-refractivity contribution in [3.05, 3.63) is 27.2 Å². The number of benzene rings is 1. The number of hydrogen-bond acceptors (Lipinski definition) is 2. The van der Waals surface area contributed by atoms with Crippen molar-refractivity contribution in [2.75, 3.05) is 0 Å². The SMILES string of the molecule is CC(C)(C)[Si](C)(C)Oc1c(Br)cc(Cl)cc1C=O. The maximum atomic E-state index is 11.1. The van der Waals surface area contributed by atoms with Crippen LogP contribution in [0.15, 0.2) is 16.6 Å². The molecule has 100 valence electrons. The van der Waals surface area contributed by atoms with Gasteiger partial charge in [-0.3, -0.25) is 4.79 Å². The van der Waals surface area contributed by atoms with Crippen molar-refractivity contribution >= 4 is 42.1 Å². The maximum absolute atomic E-state index is 11.1. The number of aldehydes is 1. The molecule has 0 N–H and O–H groups in total. The maximum Gasteiger partial charge on any atom is 0.250 e. The summed E-state index contributed by atoms with van der Waals surface area (Å²) in [5.74, 6) is 0.598. The van der Waals surface area contributed by atoms with E-state index in [1.54, 1.807) is 12.1 Å². The molecular weight excluding hydrogens is 332 g/mol. The summed E-state index contributed by atoms with van der Waals surface area (Å²) >= 11 is 9.34.